The van der Waals surface area contributed by atoms with Crippen molar-refractivity contribution in [2.24, 2.45) is 5.90 Å². The van der Waals surface area contributed by atoms with Crippen LogP contribution >= 0.6 is 0 Å². The molecule has 0 fully saturated rings. The van der Waals surface area contributed by atoms with Crippen LogP contribution in [0.2, 0.25) is 0 Å². The second-order valence-corrected chi connectivity index (χ2v) is 3.29. The highest BCUT2D eigenvalue weighted by Gasteiger charge is 1.96. The average molecular weight is 207 g/mol. The zero-order chi connectivity index (χ0) is 11.1. The lowest BCUT2D eigenvalue weighted by Crippen LogP contribution is -1.98. The molecule has 0 aliphatic rings. The first-order valence-electron chi connectivity index (χ1n) is 4.91. The van der Waals surface area contributed by atoms with Gasteiger partial charge in [-0.2, -0.15) is 0 Å². The molecule has 15 heavy (non-hydrogen) atoms. The van der Waals surface area contributed by atoms with Crippen molar-refractivity contribution in [1.82, 2.24) is 0 Å². The van der Waals surface area contributed by atoms with E-state index in [1.807, 2.05) is 31.2 Å². The van der Waals surface area contributed by atoms with E-state index in [0.717, 1.165) is 23.3 Å². The van der Waals surface area contributed by atoms with Gasteiger partial charge in [-0.25, -0.2) is 5.90 Å². The minimum atomic E-state index is 0.547. The lowest BCUT2D eigenvalue weighted by Gasteiger charge is -2.04. The van der Waals surface area contributed by atoms with Crippen LogP contribution in [-0.4, -0.2) is 13.7 Å². The van der Waals surface area contributed by atoms with Gasteiger partial charge in [0.05, 0.1) is 13.7 Å². The van der Waals surface area contributed by atoms with Gasteiger partial charge in [0.25, 0.3) is 0 Å². The van der Waals surface area contributed by atoms with Crippen LogP contribution in [0.15, 0.2) is 24.3 Å². The molecule has 0 spiro atoms. The molecule has 1 aromatic rings. The van der Waals surface area contributed by atoms with E-state index in [4.69, 9.17) is 10.6 Å². The lowest BCUT2D eigenvalue weighted by atomic mass is 10.1. The summed E-state index contributed by atoms with van der Waals surface area (Å²) in [6.07, 6.45) is 4.90. The quantitative estimate of drug-likeness (QED) is 0.595. The molecular weight excluding hydrogens is 190 g/mol. The Bertz CT molecular complexity index is 334. The highest BCUT2D eigenvalue weighted by atomic mass is 16.6. The van der Waals surface area contributed by atoms with E-state index in [2.05, 4.69) is 10.9 Å². The van der Waals surface area contributed by atoms with E-state index >= 15 is 0 Å². The standard InChI is InChI=1S/C12H17NO2/c1-10-9-11(5-3-4-8-15-13)6-7-12(10)14-2/h3,5-7,9H,4,8,13H2,1-2H3/b5-3+. The molecule has 0 aromatic heterocycles. The van der Waals surface area contributed by atoms with Crippen LogP contribution in [0.3, 0.4) is 0 Å². The summed E-state index contributed by atoms with van der Waals surface area (Å²) in [4.78, 5) is 4.47. The molecule has 0 bridgehead atoms. The molecule has 0 atom stereocenters. The van der Waals surface area contributed by atoms with Crippen LogP contribution in [0, 0.1) is 6.92 Å². The van der Waals surface area contributed by atoms with Gasteiger partial charge in [0.15, 0.2) is 0 Å². The van der Waals surface area contributed by atoms with Gasteiger partial charge in [-0.1, -0.05) is 18.2 Å². The average Bonchev–Trinajstić information content (AvgIpc) is 2.25. The first kappa shape index (κ1) is 11.8. The fourth-order valence-corrected chi connectivity index (χ4v) is 1.36. The van der Waals surface area contributed by atoms with Gasteiger partial charge >= 0.3 is 0 Å². The minimum absolute atomic E-state index is 0.547. The largest absolute Gasteiger partial charge is 0.496 e. The van der Waals surface area contributed by atoms with Crippen molar-refractivity contribution in [1.29, 1.82) is 0 Å². The number of methoxy groups -OCH3 is 1. The molecule has 0 amide bonds. The Labute approximate surface area is 90.5 Å². The molecule has 0 heterocycles. The van der Waals surface area contributed by atoms with Crippen molar-refractivity contribution in [3.8, 4) is 5.75 Å². The summed E-state index contributed by atoms with van der Waals surface area (Å²) in [6, 6.07) is 6.07. The Morgan fingerprint density at radius 3 is 2.80 bits per heavy atom. The third-order valence-corrected chi connectivity index (χ3v) is 2.13. The molecule has 0 aliphatic carbocycles. The van der Waals surface area contributed by atoms with Crippen molar-refractivity contribution in [2.45, 2.75) is 13.3 Å². The normalized spacial score (nSPS) is 10.9. The molecule has 0 unspecified atom stereocenters. The van der Waals surface area contributed by atoms with Crippen molar-refractivity contribution in [3.05, 3.63) is 35.4 Å². The van der Waals surface area contributed by atoms with Crippen molar-refractivity contribution in [3.63, 3.8) is 0 Å². The monoisotopic (exact) mass is 207 g/mol. The summed E-state index contributed by atoms with van der Waals surface area (Å²) >= 11 is 0. The molecule has 0 saturated heterocycles. The second kappa shape index (κ2) is 6.22. The molecular formula is C12H17NO2. The molecule has 0 aliphatic heterocycles. The summed E-state index contributed by atoms with van der Waals surface area (Å²) in [5, 5.41) is 0. The SMILES string of the molecule is COc1ccc(/C=C/CCON)cc1C. The first-order chi connectivity index (χ1) is 7.27. The number of rotatable bonds is 5. The van der Waals surface area contributed by atoms with E-state index in [9.17, 15) is 0 Å². The Hall–Kier alpha value is -1.32. The minimum Gasteiger partial charge on any atom is -0.496 e. The molecule has 1 aromatic carbocycles. The van der Waals surface area contributed by atoms with Crippen molar-refractivity contribution < 1.29 is 9.57 Å². The Morgan fingerprint density at radius 1 is 1.40 bits per heavy atom. The van der Waals surface area contributed by atoms with Crippen molar-refractivity contribution >= 4 is 6.08 Å². The summed E-state index contributed by atoms with van der Waals surface area (Å²) < 4.78 is 5.18. The molecule has 1 rings (SSSR count). The number of benzene rings is 1. The van der Waals surface area contributed by atoms with E-state index in [1.165, 1.54) is 0 Å². The summed E-state index contributed by atoms with van der Waals surface area (Å²) in [6.45, 7) is 2.57. The van der Waals surface area contributed by atoms with E-state index in [-0.39, 0.29) is 0 Å². The van der Waals surface area contributed by atoms with Gasteiger partial charge in [-0.15, -0.1) is 0 Å². The molecule has 3 nitrogen and oxygen atoms in total. The van der Waals surface area contributed by atoms with Crippen LogP contribution in [0.5, 0.6) is 5.75 Å². The van der Waals surface area contributed by atoms with Crippen LogP contribution in [0.4, 0.5) is 0 Å². The Morgan fingerprint density at radius 2 is 2.20 bits per heavy atom. The van der Waals surface area contributed by atoms with Gasteiger partial charge in [-0.05, 0) is 36.6 Å². The first-order valence-corrected chi connectivity index (χ1v) is 4.91. The Balaban J connectivity index is 2.63. The second-order valence-electron chi connectivity index (χ2n) is 3.29. The number of aryl methyl sites for hydroxylation is 1. The van der Waals surface area contributed by atoms with Gasteiger partial charge in [-0.3, -0.25) is 0 Å². The lowest BCUT2D eigenvalue weighted by molar-refractivity contribution is 0.143. The predicted molar refractivity (Wildman–Crippen MR) is 61.5 cm³/mol. The van der Waals surface area contributed by atoms with Crippen LogP contribution < -0.4 is 10.6 Å². The fourth-order valence-electron chi connectivity index (χ4n) is 1.36. The third kappa shape index (κ3) is 3.73. The number of nitrogens with two attached hydrogens (primary N) is 1. The zero-order valence-corrected chi connectivity index (χ0v) is 9.19. The van der Waals surface area contributed by atoms with Crippen LogP contribution in [-0.2, 0) is 4.84 Å². The number of hydrogen-bond acceptors (Lipinski definition) is 3. The van der Waals surface area contributed by atoms with E-state index in [1.54, 1.807) is 7.11 Å². The summed E-state index contributed by atoms with van der Waals surface area (Å²) in [7, 11) is 1.68. The van der Waals surface area contributed by atoms with Crippen molar-refractivity contribution in [2.75, 3.05) is 13.7 Å². The summed E-state index contributed by atoms with van der Waals surface area (Å²) in [5.41, 5.74) is 2.29. The molecule has 0 radical (unpaired) electrons. The van der Waals surface area contributed by atoms with E-state index < -0.39 is 0 Å². The Kier molecular flexibility index (Phi) is 4.87. The zero-order valence-electron chi connectivity index (χ0n) is 9.19. The van der Waals surface area contributed by atoms with Crippen LogP contribution in [0.1, 0.15) is 17.5 Å². The molecule has 2 N–H and O–H groups in total. The maximum Gasteiger partial charge on any atom is 0.121 e. The smallest absolute Gasteiger partial charge is 0.121 e. The van der Waals surface area contributed by atoms with Gasteiger partial charge < -0.3 is 9.57 Å². The van der Waals surface area contributed by atoms with E-state index in [0.29, 0.717) is 6.61 Å². The highest BCUT2D eigenvalue weighted by molar-refractivity contribution is 5.53. The maximum absolute atomic E-state index is 5.18. The van der Waals surface area contributed by atoms with Gasteiger partial charge in [0.1, 0.15) is 5.75 Å². The molecule has 3 heteroatoms. The number of hydrogen-bond donors (Lipinski definition) is 1. The topological polar surface area (TPSA) is 44.5 Å². The fraction of sp³-hybridized carbons (Fsp3) is 0.333. The predicted octanol–water partition coefficient (Wildman–Crippen LogP) is 2.30. The molecule has 0 saturated carbocycles. The highest BCUT2D eigenvalue weighted by Crippen LogP contribution is 2.19. The molecule has 82 valence electrons. The third-order valence-electron chi connectivity index (χ3n) is 2.13. The van der Waals surface area contributed by atoms with Crippen LogP contribution in [0.25, 0.3) is 6.08 Å². The maximum atomic E-state index is 5.18. The van der Waals surface area contributed by atoms with Gasteiger partial charge in [0, 0.05) is 0 Å². The summed E-state index contributed by atoms with van der Waals surface area (Å²) in [5.74, 6) is 5.83. The van der Waals surface area contributed by atoms with Gasteiger partial charge in [0.2, 0.25) is 0 Å². The number of ether oxygens (including phenoxy) is 1.